The van der Waals surface area contributed by atoms with E-state index in [2.05, 4.69) is 51.7 Å². The Morgan fingerprint density at radius 3 is 2.45 bits per heavy atom. The van der Waals surface area contributed by atoms with Crippen molar-refractivity contribution in [1.82, 2.24) is 24.7 Å². The number of hydrogen-bond acceptors (Lipinski definition) is 8. The summed E-state index contributed by atoms with van der Waals surface area (Å²) in [5.74, 6) is 3.20. The molecule has 0 saturated heterocycles. The van der Waals surface area contributed by atoms with Gasteiger partial charge >= 0.3 is 6.03 Å². The molecular formula is C36H36N8O3. The highest BCUT2D eigenvalue weighted by atomic mass is 16.5. The molecule has 0 unspecified atom stereocenters. The monoisotopic (exact) mass is 628 g/mol. The van der Waals surface area contributed by atoms with Gasteiger partial charge in [-0.05, 0) is 48.9 Å². The number of rotatable bonds is 10. The van der Waals surface area contributed by atoms with Gasteiger partial charge in [0.1, 0.15) is 35.6 Å². The van der Waals surface area contributed by atoms with Crippen LogP contribution in [0.1, 0.15) is 39.0 Å². The molecular weight excluding hydrogens is 592 g/mol. The predicted octanol–water partition coefficient (Wildman–Crippen LogP) is 7.87. The van der Waals surface area contributed by atoms with Gasteiger partial charge in [-0.1, -0.05) is 51.1 Å². The number of nitrogens with one attached hydrogen (secondary N) is 3. The molecule has 0 atom stereocenters. The maximum Gasteiger partial charge on any atom is 0.324 e. The third kappa shape index (κ3) is 7.47. The van der Waals surface area contributed by atoms with Crippen LogP contribution in [-0.2, 0) is 12.0 Å². The van der Waals surface area contributed by atoms with Crippen molar-refractivity contribution in [1.29, 1.82) is 0 Å². The zero-order valence-corrected chi connectivity index (χ0v) is 26.7. The number of urea groups is 1. The van der Waals surface area contributed by atoms with Crippen molar-refractivity contribution in [3.05, 3.63) is 115 Å². The van der Waals surface area contributed by atoms with E-state index in [1.165, 1.54) is 0 Å². The number of anilines is 4. The number of hydrogen-bond donors (Lipinski definition) is 3. The number of aromatic nitrogens is 5. The van der Waals surface area contributed by atoms with E-state index in [0.717, 1.165) is 33.5 Å². The van der Waals surface area contributed by atoms with Crippen LogP contribution in [-0.4, -0.2) is 37.4 Å². The molecule has 11 nitrogen and oxygen atoms in total. The molecule has 47 heavy (non-hydrogen) atoms. The highest BCUT2D eigenvalue weighted by Crippen LogP contribution is 2.33. The van der Waals surface area contributed by atoms with Gasteiger partial charge in [0.15, 0.2) is 0 Å². The summed E-state index contributed by atoms with van der Waals surface area (Å²) in [5.41, 5.74) is 2.96. The molecule has 0 spiro atoms. The van der Waals surface area contributed by atoms with E-state index in [9.17, 15) is 4.79 Å². The lowest BCUT2D eigenvalue weighted by Crippen LogP contribution is -2.21. The lowest BCUT2D eigenvalue weighted by molar-refractivity contribution is 0.262. The summed E-state index contributed by atoms with van der Waals surface area (Å²) in [6, 6.07) is 24.4. The average Bonchev–Trinajstić information content (AvgIpc) is 3.50. The van der Waals surface area contributed by atoms with Crippen LogP contribution in [0.15, 0.2) is 104 Å². The Kier molecular flexibility index (Phi) is 8.96. The Labute approximate surface area is 273 Å². The van der Waals surface area contributed by atoms with Gasteiger partial charge in [-0.3, -0.25) is 10.3 Å². The summed E-state index contributed by atoms with van der Waals surface area (Å²) < 4.78 is 13.7. The van der Waals surface area contributed by atoms with E-state index in [0.29, 0.717) is 42.1 Å². The number of fused-ring (bicyclic) bond motifs is 1. The molecule has 0 fully saturated rings. The van der Waals surface area contributed by atoms with Crippen LogP contribution >= 0.6 is 0 Å². The van der Waals surface area contributed by atoms with E-state index in [1.807, 2.05) is 85.8 Å². The third-order valence-electron chi connectivity index (χ3n) is 7.26. The van der Waals surface area contributed by atoms with Gasteiger partial charge in [0, 0.05) is 46.9 Å². The molecule has 3 N–H and O–H groups in total. The van der Waals surface area contributed by atoms with E-state index in [1.54, 1.807) is 29.5 Å². The normalized spacial score (nSPS) is 11.2. The molecule has 6 aromatic rings. The maximum atomic E-state index is 13.5. The van der Waals surface area contributed by atoms with Crippen LogP contribution in [0.3, 0.4) is 0 Å². The summed E-state index contributed by atoms with van der Waals surface area (Å²) >= 11 is 0. The smallest absolute Gasteiger partial charge is 0.324 e. The minimum absolute atomic E-state index is 0.230. The van der Waals surface area contributed by atoms with Crippen molar-refractivity contribution in [2.24, 2.45) is 0 Å². The summed E-state index contributed by atoms with van der Waals surface area (Å²) in [7, 11) is 0. The lowest BCUT2D eigenvalue weighted by atomic mass is 9.92. The predicted molar refractivity (Wildman–Crippen MR) is 184 cm³/mol. The van der Waals surface area contributed by atoms with Crippen molar-refractivity contribution in [2.45, 2.75) is 39.7 Å². The van der Waals surface area contributed by atoms with E-state index < -0.39 is 6.03 Å². The maximum absolute atomic E-state index is 13.5. The van der Waals surface area contributed by atoms with Crippen molar-refractivity contribution in [2.75, 3.05) is 22.6 Å². The molecule has 11 heteroatoms. The first-order chi connectivity index (χ1) is 22.8. The summed E-state index contributed by atoms with van der Waals surface area (Å²) in [4.78, 5) is 26.1. The van der Waals surface area contributed by atoms with E-state index in [4.69, 9.17) is 14.6 Å². The fraction of sp³-hybridized carbons (Fsp3) is 0.194. The molecule has 0 aliphatic heterocycles. The fourth-order valence-corrected chi connectivity index (χ4v) is 4.97. The quantitative estimate of drug-likeness (QED) is 0.140. The zero-order valence-electron chi connectivity index (χ0n) is 26.7. The molecule has 0 saturated carbocycles. The number of ether oxygens (including phenoxy) is 2. The second kappa shape index (κ2) is 13.6. The Balaban J connectivity index is 1.20. The van der Waals surface area contributed by atoms with Crippen molar-refractivity contribution >= 4 is 39.9 Å². The molecule has 0 radical (unpaired) electrons. The van der Waals surface area contributed by atoms with Crippen molar-refractivity contribution in [3.63, 3.8) is 0 Å². The Morgan fingerprint density at radius 2 is 1.66 bits per heavy atom. The van der Waals surface area contributed by atoms with Crippen LogP contribution < -0.4 is 25.4 Å². The fourth-order valence-electron chi connectivity index (χ4n) is 4.97. The van der Waals surface area contributed by atoms with E-state index >= 15 is 0 Å². The Hall–Kier alpha value is -5.97. The van der Waals surface area contributed by atoms with Crippen molar-refractivity contribution in [3.8, 4) is 17.2 Å². The molecule has 3 aromatic carbocycles. The van der Waals surface area contributed by atoms with Gasteiger partial charge in [-0.25, -0.2) is 19.4 Å². The molecule has 2 amide bonds. The van der Waals surface area contributed by atoms with Gasteiger partial charge in [0.05, 0.1) is 29.9 Å². The first-order valence-corrected chi connectivity index (χ1v) is 15.3. The van der Waals surface area contributed by atoms with Gasteiger partial charge < -0.3 is 20.1 Å². The number of carbonyl (C=O) groups excluding carboxylic acids is 1. The number of benzene rings is 3. The van der Waals surface area contributed by atoms with Gasteiger partial charge in [0.25, 0.3) is 0 Å². The van der Waals surface area contributed by atoms with Crippen LogP contribution in [0.5, 0.6) is 11.5 Å². The molecule has 6 rings (SSSR count). The topological polar surface area (TPSA) is 128 Å². The third-order valence-corrected chi connectivity index (χ3v) is 7.26. The number of nitrogens with zero attached hydrogens (tertiary/aromatic N) is 5. The van der Waals surface area contributed by atoms with Crippen LogP contribution in [0.2, 0.25) is 0 Å². The second-order valence-electron chi connectivity index (χ2n) is 11.8. The summed E-state index contributed by atoms with van der Waals surface area (Å²) in [6.45, 7) is 9.06. The van der Waals surface area contributed by atoms with Crippen LogP contribution in [0, 0.1) is 0 Å². The number of amides is 2. The standard InChI is InChI=1S/C36H36N8O3/c1-5-46-26-10-8-9-25(20-26)44-34(21-31(43-44)36(2,3)4)42-35(45)40-29-13-14-30(28-12-7-6-11-27(28)29)47-23-24-15-16-38-32(19-24)41-33-22-37-17-18-39-33/h6-22H,5,23H2,1-4H3,(H,38,39,41)(H2,40,42,45). The first kappa shape index (κ1) is 31.0. The SMILES string of the molecule is CCOc1cccc(-n2nc(C(C)(C)C)cc2NC(=O)Nc2ccc(OCc3ccnc(Nc4cnccn4)c3)c3ccccc23)c1. The Morgan fingerprint density at radius 1 is 0.830 bits per heavy atom. The largest absolute Gasteiger partial charge is 0.494 e. The first-order valence-electron chi connectivity index (χ1n) is 15.3. The molecule has 3 heterocycles. The highest BCUT2D eigenvalue weighted by molar-refractivity contribution is 6.07. The van der Waals surface area contributed by atoms with Crippen molar-refractivity contribution < 1.29 is 14.3 Å². The number of pyridine rings is 1. The zero-order chi connectivity index (χ0) is 32.8. The van der Waals surface area contributed by atoms with Gasteiger partial charge in [-0.2, -0.15) is 5.10 Å². The minimum atomic E-state index is -0.397. The summed E-state index contributed by atoms with van der Waals surface area (Å²) in [5, 5.41) is 15.7. The lowest BCUT2D eigenvalue weighted by Gasteiger charge is -2.15. The van der Waals surface area contributed by atoms with Crippen LogP contribution in [0.25, 0.3) is 16.5 Å². The average molecular weight is 629 g/mol. The highest BCUT2D eigenvalue weighted by Gasteiger charge is 2.22. The van der Waals surface area contributed by atoms with Crippen LogP contribution in [0.4, 0.5) is 27.9 Å². The minimum Gasteiger partial charge on any atom is -0.494 e. The second-order valence-corrected chi connectivity index (χ2v) is 11.8. The van der Waals surface area contributed by atoms with Gasteiger partial charge in [-0.15, -0.1) is 0 Å². The molecule has 3 aromatic heterocycles. The Bertz CT molecular complexity index is 2000. The molecule has 0 aliphatic rings. The van der Waals surface area contributed by atoms with Gasteiger partial charge in [0.2, 0.25) is 0 Å². The molecule has 0 bridgehead atoms. The molecule has 0 aliphatic carbocycles. The summed E-state index contributed by atoms with van der Waals surface area (Å²) in [6.07, 6.45) is 6.58. The molecule has 238 valence electrons. The number of carbonyl (C=O) groups is 1. The van der Waals surface area contributed by atoms with E-state index in [-0.39, 0.29) is 5.41 Å².